The van der Waals surface area contributed by atoms with Crippen molar-refractivity contribution < 1.29 is 29.0 Å². The molecule has 4 rings (SSSR count). The van der Waals surface area contributed by atoms with Gasteiger partial charge in [0.2, 0.25) is 5.91 Å². The van der Waals surface area contributed by atoms with Crippen LogP contribution in [0.2, 0.25) is 0 Å². The molecule has 0 aliphatic carbocycles. The fourth-order valence-electron chi connectivity index (χ4n) is 4.86. The number of nitrogens with one attached hydrogen (secondary N) is 2. The zero-order valence-electron chi connectivity index (χ0n) is 22.7. The molecule has 1 heterocycles. The highest BCUT2D eigenvalue weighted by molar-refractivity contribution is 6.09. The number of imide groups is 1. The maximum atomic E-state index is 13.9. The van der Waals surface area contributed by atoms with Crippen LogP contribution < -0.4 is 15.8 Å². The Morgan fingerprint density at radius 1 is 1.05 bits per heavy atom. The number of hydrogen-bond donors (Lipinski definition) is 4. The van der Waals surface area contributed by atoms with Crippen molar-refractivity contribution in [1.29, 1.82) is 5.41 Å². The van der Waals surface area contributed by atoms with Crippen molar-refractivity contribution in [3.05, 3.63) is 101 Å². The summed E-state index contributed by atoms with van der Waals surface area (Å²) in [6, 6.07) is 20.7. The van der Waals surface area contributed by atoms with Crippen LogP contribution in [0.3, 0.4) is 0 Å². The van der Waals surface area contributed by atoms with Crippen LogP contribution in [-0.2, 0) is 26.5 Å². The summed E-state index contributed by atoms with van der Waals surface area (Å²) in [6.45, 7) is 1.10. The first-order valence-corrected chi connectivity index (χ1v) is 12.8. The van der Waals surface area contributed by atoms with E-state index in [1.54, 1.807) is 55.5 Å². The van der Waals surface area contributed by atoms with Gasteiger partial charge in [0.25, 0.3) is 5.91 Å². The summed E-state index contributed by atoms with van der Waals surface area (Å²) < 4.78 is 5.21. The molecule has 1 fully saturated rings. The van der Waals surface area contributed by atoms with Gasteiger partial charge in [-0.2, -0.15) is 0 Å². The molecule has 2 atom stereocenters. The van der Waals surface area contributed by atoms with Gasteiger partial charge >= 0.3 is 12.0 Å². The smallest absolute Gasteiger partial charge is 0.328 e. The zero-order valence-corrected chi connectivity index (χ0v) is 22.7. The SMILES string of the molecule is COc1cccc(C(CC(=O)O)NC(=O)CN2C(=O)N(Cc3ccccc3)C(C)(c3ccc(C(=N)N)cc3)C2=O)c1. The maximum absolute atomic E-state index is 13.9. The molecular weight excluding hydrogens is 526 g/mol. The molecule has 3 aromatic carbocycles. The molecular formula is C30H31N5O6. The number of carbonyl (C=O) groups is 4. The van der Waals surface area contributed by atoms with Gasteiger partial charge in [0.15, 0.2) is 0 Å². The number of nitrogens with two attached hydrogens (primary N) is 1. The second-order valence-corrected chi connectivity index (χ2v) is 9.80. The molecule has 0 bridgehead atoms. The van der Waals surface area contributed by atoms with Crippen LogP contribution in [0.1, 0.15) is 41.6 Å². The van der Waals surface area contributed by atoms with Gasteiger partial charge in [-0.05, 0) is 35.7 Å². The minimum atomic E-state index is -1.46. The number of benzene rings is 3. The highest BCUT2D eigenvalue weighted by atomic mass is 16.5. The number of amidine groups is 1. The lowest BCUT2D eigenvalue weighted by Gasteiger charge is -2.32. The lowest BCUT2D eigenvalue weighted by molar-refractivity contribution is -0.139. The van der Waals surface area contributed by atoms with E-state index < -0.39 is 48.4 Å². The third-order valence-corrected chi connectivity index (χ3v) is 7.12. The summed E-state index contributed by atoms with van der Waals surface area (Å²) in [5.74, 6) is -2.10. The fourth-order valence-corrected chi connectivity index (χ4v) is 4.86. The Labute approximate surface area is 237 Å². The Morgan fingerprint density at radius 2 is 1.73 bits per heavy atom. The van der Waals surface area contributed by atoms with Crippen molar-refractivity contribution in [2.45, 2.75) is 31.5 Å². The van der Waals surface area contributed by atoms with Crippen LogP contribution >= 0.6 is 0 Å². The summed E-state index contributed by atoms with van der Waals surface area (Å²) >= 11 is 0. The number of hydrogen-bond acceptors (Lipinski definition) is 6. The first-order chi connectivity index (χ1) is 19.5. The average Bonchev–Trinajstić information content (AvgIpc) is 3.14. The van der Waals surface area contributed by atoms with Crippen LogP contribution in [-0.4, -0.2) is 58.2 Å². The molecule has 212 valence electrons. The van der Waals surface area contributed by atoms with E-state index in [-0.39, 0.29) is 12.4 Å². The minimum Gasteiger partial charge on any atom is -0.497 e. The Kier molecular flexibility index (Phi) is 8.37. The van der Waals surface area contributed by atoms with Gasteiger partial charge in [-0.15, -0.1) is 0 Å². The molecule has 1 aliphatic heterocycles. The summed E-state index contributed by atoms with van der Waals surface area (Å²) in [6.07, 6.45) is -0.416. The molecule has 4 amide bonds. The number of nitrogen functional groups attached to an aromatic ring is 1. The van der Waals surface area contributed by atoms with Gasteiger partial charge < -0.3 is 25.8 Å². The van der Waals surface area contributed by atoms with E-state index in [1.807, 2.05) is 30.3 Å². The highest BCUT2D eigenvalue weighted by Gasteiger charge is 2.55. The Morgan fingerprint density at radius 3 is 2.34 bits per heavy atom. The summed E-state index contributed by atoms with van der Waals surface area (Å²) in [4.78, 5) is 54.7. The topological polar surface area (TPSA) is 166 Å². The number of aliphatic carboxylic acids is 1. The second-order valence-electron chi connectivity index (χ2n) is 9.80. The predicted octanol–water partition coefficient (Wildman–Crippen LogP) is 2.99. The van der Waals surface area contributed by atoms with E-state index in [1.165, 1.54) is 12.0 Å². The molecule has 11 nitrogen and oxygen atoms in total. The highest BCUT2D eigenvalue weighted by Crippen LogP contribution is 2.38. The minimum absolute atomic E-state index is 0.0972. The standard InChI is InChI=1S/C30H31N5O6/c1-30(22-13-11-20(12-14-22)27(31)32)28(39)34(29(40)35(30)17-19-7-4-3-5-8-19)18-25(36)33-24(16-26(37)38)21-9-6-10-23(15-21)41-2/h3-15,24H,16-18H2,1-2H3,(H3,31,32)(H,33,36)(H,37,38). The van der Waals surface area contributed by atoms with Crippen molar-refractivity contribution in [3.63, 3.8) is 0 Å². The van der Waals surface area contributed by atoms with Gasteiger partial charge in [-0.25, -0.2) is 4.79 Å². The molecule has 3 aromatic rings. The first-order valence-electron chi connectivity index (χ1n) is 12.8. The van der Waals surface area contributed by atoms with Gasteiger partial charge in [0.05, 0.1) is 19.6 Å². The third kappa shape index (κ3) is 6.03. The number of rotatable bonds is 11. The molecule has 5 N–H and O–H groups in total. The lowest BCUT2D eigenvalue weighted by atomic mass is 9.89. The molecule has 1 saturated heterocycles. The number of carbonyl (C=O) groups excluding carboxylic acids is 3. The average molecular weight is 558 g/mol. The molecule has 1 aliphatic rings. The molecule has 0 radical (unpaired) electrons. The Balaban J connectivity index is 1.63. The van der Waals surface area contributed by atoms with E-state index in [9.17, 15) is 24.3 Å². The Hall–Kier alpha value is -5.19. The first kappa shape index (κ1) is 28.8. The molecule has 0 spiro atoms. The van der Waals surface area contributed by atoms with Crippen molar-refractivity contribution in [2.75, 3.05) is 13.7 Å². The van der Waals surface area contributed by atoms with E-state index in [4.69, 9.17) is 15.9 Å². The summed E-state index contributed by atoms with van der Waals surface area (Å²) in [7, 11) is 1.47. The number of nitrogens with zero attached hydrogens (tertiary/aromatic N) is 2. The number of carboxylic acids is 1. The number of amides is 4. The van der Waals surface area contributed by atoms with Gasteiger partial charge in [-0.3, -0.25) is 24.7 Å². The number of urea groups is 1. The number of carboxylic acid groups (broad SMARTS) is 1. The van der Waals surface area contributed by atoms with Crippen molar-refractivity contribution in [1.82, 2.24) is 15.1 Å². The van der Waals surface area contributed by atoms with Gasteiger partial charge in [-0.1, -0.05) is 66.7 Å². The monoisotopic (exact) mass is 557 g/mol. The van der Waals surface area contributed by atoms with Crippen LogP contribution in [0.4, 0.5) is 4.79 Å². The number of ether oxygens (including phenoxy) is 1. The van der Waals surface area contributed by atoms with Crippen LogP contribution in [0.25, 0.3) is 0 Å². The van der Waals surface area contributed by atoms with E-state index in [2.05, 4.69) is 5.32 Å². The zero-order chi connectivity index (χ0) is 29.7. The van der Waals surface area contributed by atoms with E-state index in [0.717, 1.165) is 10.5 Å². The second kappa shape index (κ2) is 11.9. The van der Waals surface area contributed by atoms with Crippen LogP contribution in [0.15, 0.2) is 78.9 Å². The largest absolute Gasteiger partial charge is 0.497 e. The van der Waals surface area contributed by atoms with Crippen molar-refractivity contribution in [3.8, 4) is 5.75 Å². The fraction of sp³-hybridized carbons (Fsp3) is 0.233. The molecule has 41 heavy (non-hydrogen) atoms. The summed E-state index contributed by atoms with van der Waals surface area (Å²) in [5.41, 5.74) is 6.36. The maximum Gasteiger partial charge on any atom is 0.328 e. The Bertz CT molecular complexity index is 1480. The van der Waals surface area contributed by atoms with Gasteiger partial charge in [0, 0.05) is 12.1 Å². The van der Waals surface area contributed by atoms with E-state index in [0.29, 0.717) is 22.4 Å². The normalized spacial score (nSPS) is 17.3. The molecule has 11 heteroatoms. The molecule has 2 unspecified atom stereocenters. The third-order valence-electron chi connectivity index (χ3n) is 7.12. The quantitative estimate of drug-likeness (QED) is 0.160. The molecule has 0 aromatic heterocycles. The van der Waals surface area contributed by atoms with Gasteiger partial charge in [0.1, 0.15) is 23.7 Å². The van der Waals surface area contributed by atoms with Crippen LogP contribution in [0, 0.1) is 5.41 Å². The molecule has 0 saturated carbocycles. The van der Waals surface area contributed by atoms with Crippen LogP contribution in [0.5, 0.6) is 5.75 Å². The van der Waals surface area contributed by atoms with E-state index >= 15 is 0 Å². The number of methoxy groups -OCH3 is 1. The summed E-state index contributed by atoms with van der Waals surface area (Å²) in [5, 5.41) is 19.8. The lowest BCUT2D eigenvalue weighted by Crippen LogP contribution is -2.44. The van der Waals surface area contributed by atoms with Crippen molar-refractivity contribution >= 4 is 29.7 Å². The predicted molar refractivity (Wildman–Crippen MR) is 150 cm³/mol. The van der Waals surface area contributed by atoms with Crippen molar-refractivity contribution in [2.24, 2.45) is 5.73 Å².